The number of carbonyl (C=O) groups is 1. The van der Waals surface area contributed by atoms with Crippen LogP contribution in [-0.2, 0) is 4.79 Å². The SMILES string of the molecule is CC1(C)[C@@H](O)[C@H](O)C[C@@]2(C)[C@H]1CC[C@]1(C)[C@H]2CC=C2[C@@H]3[C@H](O)CCC[C@]3(C(=O)O)CC[C@]21C. The number of allylic oxidation sites excluding steroid dienone is 1. The summed E-state index contributed by atoms with van der Waals surface area (Å²) in [6.45, 7) is 11.4. The molecular weight excluding hydrogens is 416 g/mol. The fourth-order valence-corrected chi connectivity index (χ4v) is 10.5. The Morgan fingerprint density at radius 2 is 1.61 bits per heavy atom. The number of fused-ring (bicyclic) bond motifs is 7. The van der Waals surface area contributed by atoms with Gasteiger partial charge in [0.25, 0.3) is 0 Å². The number of aliphatic hydroxyl groups is 3. The number of hydrogen-bond donors (Lipinski definition) is 4. The second-order valence-electron chi connectivity index (χ2n) is 13.7. The monoisotopic (exact) mass is 460 g/mol. The molecule has 4 saturated carbocycles. The van der Waals surface area contributed by atoms with Crippen LogP contribution in [0.3, 0.4) is 0 Å². The molecular formula is C28H44O5. The minimum Gasteiger partial charge on any atom is -0.481 e. The summed E-state index contributed by atoms with van der Waals surface area (Å²) in [4.78, 5) is 12.6. The van der Waals surface area contributed by atoms with E-state index >= 15 is 0 Å². The molecule has 5 rings (SSSR count). The van der Waals surface area contributed by atoms with Crippen molar-refractivity contribution in [3.63, 3.8) is 0 Å². The Morgan fingerprint density at radius 1 is 0.909 bits per heavy atom. The Kier molecular flexibility index (Phi) is 5.10. The van der Waals surface area contributed by atoms with E-state index in [1.165, 1.54) is 5.57 Å². The van der Waals surface area contributed by atoms with Crippen molar-refractivity contribution in [2.24, 2.45) is 44.8 Å². The summed E-state index contributed by atoms with van der Waals surface area (Å²) < 4.78 is 0. The van der Waals surface area contributed by atoms with Gasteiger partial charge in [0.2, 0.25) is 0 Å². The Hall–Kier alpha value is -0.910. The molecule has 0 heterocycles. The first-order chi connectivity index (χ1) is 15.3. The second-order valence-corrected chi connectivity index (χ2v) is 13.7. The zero-order valence-electron chi connectivity index (χ0n) is 21.1. The van der Waals surface area contributed by atoms with Gasteiger partial charge in [-0.3, -0.25) is 4.79 Å². The van der Waals surface area contributed by atoms with E-state index in [1.807, 2.05) is 0 Å². The lowest BCUT2D eigenvalue weighted by Gasteiger charge is -2.71. The van der Waals surface area contributed by atoms with Crippen LogP contribution >= 0.6 is 0 Å². The van der Waals surface area contributed by atoms with Crippen molar-refractivity contribution >= 4 is 5.97 Å². The van der Waals surface area contributed by atoms with Crippen LogP contribution in [0.25, 0.3) is 0 Å². The molecule has 5 nitrogen and oxygen atoms in total. The molecule has 0 aromatic carbocycles. The summed E-state index contributed by atoms with van der Waals surface area (Å²) in [6.07, 6.45) is 7.47. The molecule has 0 radical (unpaired) electrons. The average Bonchev–Trinajstić information content (AvgIpc) is 2.72. The van der Waals surface area contributed by atoms with Crippen molar-refractivity contribution in [1.82, 2.24) is 0 Å². The largest absolute Gasteiger partial charge is 0.481 e. The van der Waals surface area contributed by atoms with Crippen molar-refractivity contribution in [2.45, 2.75) is 111 Å². The Morgan fingerprint density at radius 3 is 2.27 bits per heavy atom. The first-order valence-corrected chi connectivity index (χ1v) is 13.2. The number of hydrogen-bond acceptors (Lipinski definition) is 4. The van der Waals surface area contributed by atoms with Gasteiger partial charge in [0.1, 0.15) is 0 Å². The van der Waals surface area contributed by atoms with E-state index in [1.54, 1.807) is 0 Å². The number of aliphatic hydroxyl groups excluding tert-OH is 3. The minimum absolute atomic E-state index is 0.0255. The van der Waals surface area contributed by atoms with Gasteiger partial charge in [-0.05, 0) is 91.3 Å². The summed E-state index contributed by atoms with van der Waals surface area (Å²) in [6, 6.07) is 0. The molecule has 4 N–H and O–H groups in total. The molecule has 4 fully saturated rings. The lowest BCUT2D eigenvalue weighted by Crippen LogP contribution is -2.67. The van der Waals surface area contributed by atoms with Crippen molar-refractivity contribution in [3.05, 3.63) is 11.6 Å². The predicted molar refractivity (Wildman–Crippen MR) is 126 cm³/mol. The Balaban J connectivity index is 1.61. The predicted octanol–water partition coefficient (Wildman–Crippen LogP) is 4.54. The van der Waals surface area contributed by atoms with Crippen LogP contribution < -0.4 is 0 Å². The van der Waals surface area contributed by atoms with E-state index in [0.717, 1.165) is 32.1 Å². The number of rotatable bonds is 1. The van der Waals surface area contributed by atoms with Gasteiger partial charge < -0.3 is 20.4 Å². The van der Waals surface area contributed by atoms with Crippen molar-refractivity contribution in [3.8, 4) is 0 Å². The van der Waals surface area contributed by atoms with Crippen LogP contribution in [0.4, 0.5) is 0 Å². The third kappa shape index (κ3) is 2.73. The maximum absolute atomic E-state index is 12.6. The summed E-state index contributed by atoms with van der Waals surface area (Å²) in [7, 11) is 0. The molecule has 186 valence electrons. The van der Waals surface area contributed by atoms with E-state index in [2.05, 4.69) is 40.7 Å². The first kappa shape index (κ1) is 23.8. The van der Waals surface area contributed by atoms with Gasteiger partial charge in [0.05, 0.1) is 23.7 Å². The summed E-state index contributed by atoms with van der Waals surface area (Å²) in [5, 5.41) is 43.2. The van der Waals surface area contributed by atoms with E-state index in [9.17, 15) is 25.2 Å². The summed E-state index contributed by atoms with van der Waals surface area (Å²) in [5.41, 5.74) is -0.241. The summed E-state index contributed by atoms with van der Waals surface area (Å²) in [5.74, 6) is -0.330. The fraction of sp³-hybridized carbons (Fsp3) is 0.893. The molecule has 5 aliphatic rings. The van der Waals surface area contributed by atoms with Gasteiger partial charge in [-0.2, -0.15) is 0 Å². The Labute approximate surface area is 198 Å². The standard InChI is InChI=1S/C28H44O5/c1-24(2)19-10-12-27(5)20(25(19,3)15-18(30)22(24)31)9-8-16-21-17(29)7-6-11-28(21,23(32)33)14-13-26(16,27)4/h8,17-22,29-31H,6-7,9-15H2,1-5H3,(H,32,33)/t17-,18-,19+,20+,21-,22+,25+,26-,27-,28+/m1/s1. The second kappa shape index (κ2) is 7.07. The maximum Gasteiger partial charge on any atom is 0.310 e. The average molecular weight is 461 g/mol. The molecule has 0 spiro atoms. The molecule has 10 atom stereocenters. The Bertz CT molecular complexity index is 880. The number of aliphatic carboxylic acids is 1. The van der Waals surface area contributed by atoms with Crippen LogP contribution in [0.15, 0.2) is 11.6 Å². The first-order valence-electron chi connectivity index (χ1n) is 13.2. The zero-order valence-corrected chi connectivity index (χ0v) is 21.1. The highest BCUT2D eigenvalue weighted by Crippen LogP contribution is 2.75. The van der Waals surface area contributed by atoms with Crippen LogP contribution in [0.1, 0.15) is 92.4 Å². The van der Waals surface area contributed by atoms with Gasteiger partial charge in [0, 0.05) is 5.92 Å². The van der Waals surface area contributed by atoms with Gasteiger partial charge >= 0.3 is 5.97 Å². The van der Waals surface area contributed by atoms with Gasteiger partial charge in [0.15, 0.2) is 0 Å². The third-order valence-electron chi connectivity index (χ3n) is 12.4. The molecule has 5 aliphatic carbocycles. The molecule has 0 saturated heterocycles. The molecule has 0 amide bonds. The quantitative estimate of drug-likeness (QED) is 0.431. The highest BCUT2D eigenvalue weighted by molar-refractivity contribution is 5.76. The van der Waals surface area contributed by atoms with E-state index in [-0.39, 0.29) is 27.6 Å². The molecule has 0 unspecified atom stereocenters. The van der Waals surface area contributed by atoms with E-state index in [4.69, 9.17) is 0 Å². The van der Waals surface area contributed by atoms with Crippen molar-refractivity contribution in [1.29, 1.82) is 0 Å². The normalized spacial score (nSPS) is 55.3. The molecule has 0 aliphatic heterocycles. The van der Waals surface area contributed by atoms with Gasteiger partial charge in [-0.25, -0.2) is 0 Å². The minimum atomic E-state index is -0.833. The van der Waals surface area contributed by atoms with Crippen LogP contribution in [0.2, 0.25) is 0 Å². The van der Waals surface area contributed by atoms with Crippen molar-refractivity contribution < 1.29 is 25.2 Å². The lowest BCUT2D eigenvalue weighted by molar-refractivity contribution is -0.232. The van der Waals surface area contributed by atoms with E-state index < -0.39 is 29.7 Å². The van der Waals surface area contributed by atoms with E-state index in [0.29, 0.717) is 37.5 Å². The number of carboxylic acid groups (broad SMARTS) is 1. The topological polar surface area (TPSA) is 98.0 Å². The molecule has 0 aromatic heterocycles. The third-order valence-corrected chi connectivity index (χ3v) is 12.4. The molecule has 33 heavy (non-hydrogen) atoms. The smallest absolute Gasteiger partial charge is 0.310 e. The fourth-order valence-electron chi connectivity index (χ4n) is 10.5. The summed E-state index contributed by atoms with van der Waals surface area (Å²) >= 11 is 0. The van der Waals surface area contributed by atoms with Crippen molar-refractivity contribution in [2.75, 3.05) is 0 Å². The number of carboxylic acids is 1. The highest BCUT2D eigenvalue weighted by Gasteiger charge is 2.70. The van der Waals surface area contributed by atoms with Gasteiger partial charge in [-0.1, -0.05) is 46.3 Å². The van der Waals surface area contributed by atoms with Crippen LogP contribution in [0, 0.1) is 44.8 Å². The molecule has 5 heteroatoms. The highest BCUT2D eigenvalue weighted by atomic mass is 16.4. The molecule has 0 aromatic rings. The van der Waals surface area contributed by atoms with Crippen LogP contribution in [0.5, 0.6) is 0 Å². The van der Waals surface area contributed by atoms with Crippen LogP contribution in [-0.4, -0.2) is 44.7 Å². The lowest BCUT2D eigenvalue weighted by atomic mass is 9.33. The van der Waals surface area contributed by atoms with Gasteiger partial charge in [-0.15, -0.1) is 0 Å². The maximum atomic E-state index is 12.6. The molecule has 0 bridgehead atoms. The zero-order chi connectivity index (χ0) is 24.2.